The van der Waals surface area contributed by atoms with Crippen molar-refractivity contribution < 1.29 is 4.79 Å². The van der Waals surface area contributed by atoms with E-state index in [2.05, 4.69) is 32.6 Å². The quantitative estimate of drug-likeness (QED) is 0.804. The Kier molecular flexibility index (Phi) is 6.84. The first kappa shape index (κ1) is 16.5. The van der Waals surface area contributed by atoms with Crippen LogP contribution in [0, 0.1) is 11.8 Å². The fraction of sp³-hybridized carbons (Fsp3) is 0.938. The van der Waals surface area contributed by atoms with Crippen LogP contribution in [0.1, 0.15) is 66.2 Å². The van der Waals surface area contributed by atoms with Crippen molar-refractivity contribution >= 4 is 5.91 Å². The van der Waals surface area contributed by atoms with Gasteiger partial charge in [0.05, 0.1) is 0 Å². The van der Waals surface area contributed by atoms with Gasteiger partial charge in [-0.1, -0.05) is 33.6 Å². The minimum atomic E-state index is 0.148. The van der Waals surface area contributed by atoms with Crippen LogP contribution in [-0.2, 0) is 4.79 Å². The monoisotopic (exact) mass is 268 g/mol. The van der Waals surface area contributed by atoms with Crippen LogP contribution in [0.2, 0.25) is 0 Å². The van der Waals surface area contributed by atoms with Gasteiger partial charge in [-0.15, -0.1) is 0 Å². The first-order chi connectivity index (χ1) is 9.02. The molecule has 0 radical (unpaired) electrons. The highest BCUT2D eigenvalue weighted by molar-refractivity contribution is 5.79. The molecule has 0 aromatic carbocycles. The normalized spacial score (nSPS) is 29.0. The Labute approximate surface area is 118 Å². The first-order valence-corrected chi connectivity index (χ1v) is 8.08. The van der Waals surface area contributed by atoms with Crippen LogP contribution in [0.25, 0.3) is 0 Å². The zero-order valence-corrected chi connectivity index (χ0v) is 13.2. The van der Waals surface area contributed by atoms with Gasteiger partial charge in [0.1, 0.15) is 0 Å². The smallest absolute Gasteiger partial charge is 0.226 e. The summed E-state index contributed by atoms with van der Waals surface area (Å²) in [5.41, 5.74) is 6.14. The molecule has 19 heavy (non-hydrogen) atoms. The van der Waals surface area contributed by atoms with E-state index in [1.54, 1.807) is 0 Å². The van der Waals surface area contributed by atoms with E-state index < -0.39 is 0 Å². The molecule has 1 aliphatic carbocycles. The lowest BCUT2D eigenvalue weighted by molar-refractivity contribution is -0.140. The van der Waals surface area contributed by atoms with Gasteiger partial charge in [-0.3, -0.25) is 4.79 Å². The molecule has 112 valence electrons. The number of unbranched alkanes of at least 4 members (excludes halogenated alkanes) is 1. The second-order valence-electron chi connectivity index (χ2n) is 6.20. The van der Waals surface area contributed by atoms with Crippen LogP contribution in [0.15, 0.2) is 0 Å². The molecule has 1 amide bonds. The summed E-state index contributed by atoms with van der Waals surface area (Å²) in [6, 6.07) is 0.553. The topological polar surface area (TPSA) is 46.3 Å². The predicted octanol–water partition coefficient (Wildman–Crippen LogP) is 3.18. The van der Waals surface area contributed by atoms with Crippen molar-refractivity contribution in [1.82, 2.24) is 4.90 Å². The molecular weight excluding hydrogens is 236 g/mol. The van der Waals surface area contributed by atoms with Crippen molar-refractivity contribution in [1.29, 1.82) is 0 Å². The van der Waals surface area contributed by atoms with Crippen molar-refractivity contribution in [3.05, 3.63) is 0 Å². The standard InChI is InChI=1S/C16H32N2O/c1-5-7-11-18(12(3)6-2)16(19)14-9-8-10-15(17)13(14)4/h12-15H,5-11,17H2,1-4H3. The molecule has 1 rings (SSSR count). The van der Waals surface area contributed by atoms with Gasteiger partial charge in [0, 0.05) is 24.5 Å². The lowest BCUT2D eigenvalue weighted by atomic mass is 9.76. The van der Waals surface area contributed by atoms with Crippen LogP contribution in [0.4, 0.5) is 0 Å². The molecule has 0 heterocycles. The van der Waals surface area contributed by atoms with Gasteiger partial charge in [-0.25, -0.2) is 0 Å². The van der Waals surface area contributed by atoms with E-state index >= 15 is 0 Å². The second-order valence-corrected chi connectivity index (χ2v) is 6.20. The van der Waals surface area contributed by atoms with Gasteiger partial charge in [-0.2, -0.15) is 0 Å². The van der Waals surface area contributed by atoms with Crippen LogP contribution in [0.3, 0.4) is 0 Å². The van der Waals surface area contributed by atoms with E-state index in [9.17, 15) is 4.79 Å². The van der Waals surface area contributed by atoms with Gasteiger partial charge in [0.15, 0.2) is 0 Å². The van der Waals surface area contributed by atoms with E-state index in [1.807, 2.05) is 0 Å². The van der Waals surface area contributed by atoms with Gasteiger partial charge >= 0.3 is 0 Å². The minimum absolute atomic E-state index is 0.148. The third kappa shape index (κ3) is 4.20. The number of nitrogens with two attached hydrogens (primary N) is 1. The molecule has 4 atom stereocenters. The number of amides is 1. The third-order valence-corrected chi connectivity index (χ3v) is 4.84. The summed E-state index contributed by atoms with van der Waals surface area (Å²) in [6.07, 6.45) is 6.46. The number of hydrogen-bond donors (Lipinski definition) is 1. The Hall–Kier alpha value is -0.570. The fourth-order valence-corrected chi connectivity index (χ4v) is 3.06. The number of carbonyl (C=O) groups is 1. The van der Waals surface area contributed by atoms with Crippen LogP contribution < -0.4 is 5.73 Å². The zero-order chi connectivity index (χ0) is 14.4. The molecule has 0 spiro atoms. The predicted molar refractivity (Wildman–Crippen MR) is 80.9 cm³/mol. The fourth-order valence-electron chi connectivity index (χ4n) is 3.06. The Morgan fingerprint density at radius 2 is 2.05 bits per heavy atom. The Morgan fingerprint density at radius 1 is 1.37 bits per heavy atom. The molecule has 0 aromatic rings. The summed E-state index contributed by atoms with van der Waals surface area (Å²) in [7, 11) is 0. The number of hydrogen-bond acceptors (Lipinski definition) is 2. The largest absolute Gasteiger partial charge is 0.340 e. The van der Waals surface area contributed by atoms with E-state index in [4.69, 9.17) is 5.73 Å². The van der Waals surface area contributed by atoms with Crippen LogP contribution in [-0.4, -0.2) is 29.4 Å². The average Bonchev–Trinajstić information content (AvgIpc) is 2.41. The molecular formula is C16H32N2O. The minimum Gasteiger partial charge on any atom is -0.340 e. The summed E-state index contributed by atoms with van der Waals surface area (Å²) in [4.78, 5) is 14.9. The molecule has 0 saturated heterocycles. The number of nitrogens with zero attached hydrogens (tertiary/aromatic N) is 1. The summed E-state index contributed by atoms with van der Waals surface area (Å²) in [6.45, 7) is 9.57. The maximum absolute atomic E-state index is 12.8. The molecule has 2 N–H and O–H groups in total. The SMILES string of the molecule is CCCCN(C(=O)C1CCCC(N)C1C)C(C)CC. The van der Waals surface area contributed by atoms with E-state index in [-0.39, 0.29) is 12.0 Å². The highest BCUT2D eigenvalue weighted by atomic mass is 16.2. The van der Waals surface area contributed by atoms with Crippen LogP contribution >= 0.6 is 0 Å². The van der Waals surface area contributed by atoms with E-state index in [0.717, 1.165) is 45.1 Å². The highest BCUT2D eigenvalue weighted by Crippen LogP contribution is 2.31. The average molecular weight is 268 g/mol. The van der Waals surface area contributed by atoms with E-state index in [0.29, 0.717) is 17.9 Å². The lowest BCUT2D eigenvalue weighted by Crippen LogP contribution is -2.48. The molecule has 1 saturated carbocycles. The van der Waals surface area contributed by atoms with Gasteiger partial charge < -0.3 is 10.6 Å². The third-order valence-electron chi connectivity index (χ3n) is 4.84. The maximum Gasteiger partial charge on any atom is 0.226 e. The number of rotatable bonds is 6. The van der Waals surface area contributed by atoms with Gasteiger partial charge in [0.25, 0.3) is 0 Å². The van der Waals surface area contributed by atoms with Gasteiger partial charge in [-0.05, 0) is 38.5 Å². The number of carbonyl (C=O) groups excluding carboxylic acids is 1. The second kappa shape index (κ2) is 7.88. The maximum atomic E-state index is 12.8. The van der Waals surface area contributed by atoms with Crippen molar-refractivity contribution in [2.24, 2.45) is 17.6 Å². The van der Waals surface area contributed by atoms with Gasteiger partial charge in [0.2, 0.25) is 5.91 Å². The van der Waals surface area contributed by atoms with Crippen LogP contribution in [0.5, 0.6) is 0 Å². The lowest BCUT2D eigenvalue weighted by Gasteiger charge is -2.38. The summed E-state index contributed by atoms with van der Waals surface area (Å²) in [5.74, 6) is 0.828. The van der Waals surface area contributed by atoms with E-state index in [1.165, 1.54) is 0 Å². The Bertz CT molecular complexity index is 280. The van der Waals surface area contributed by atoms with Crippen molar-refractivity contribution in [3.63, 3.8) is 0 Å². The molecule has 0 aromatic heterocycles. The summed E-state index contributed by atoms with van der Waals surface area (Å²) < 4.78 is 0. The summed E-state index contributed by atoms with van der Waals surface area (Å²) in [5, 5.41) is 0. The first-order valence-electron chi connectivity index (χ1n) is 8.08. The summed E-state index contributed by atoms with van der Waals surface area (Å²) >= 11 is 0. The molecule has 4 unspecified atom stereocenters. The molecule has 3 nitrogen and oxygen atoms in total. The molecule has 0 bridgehead atoms. The highest BCUT2D eigenvalue weighted by Gasteiger charge is 2.35. The van der Waals surface area contributed by atoms with Crippen molar-refractivity contribution in [2.45, 2.75) is 78.3 Å². The molecule has 0 aliphatic heterocycles. The molecule has 3 heteroatoms. The zero-order valence-electron chi connectivity index (χ0n) is 13.2. The molecule has 1 fully saturated rings. The Balaban J connectivity index is 2.73. The van der Waals surface area contributed by atoms with Crippen molar-refractivity contribution in [3.8, 4) is 0 Å². The molecule has 1 aliphatic rings. The Morgan fingerprint density at radius 3 is 2.63 bits per heavy atom. The van der Waals surface area contributed by atoms with Crippen molar-refractivity contribution in [2.75, 3.05) is 6.54 Å².